The summed E-state index contributed by atoms with van der Waals surface area (Å²) in [5.41, 5.74) is 2.37. The number of rotatable bonds is 7. The molecular weight excluding hydrogens is 439 g/mol. The van der Waals surface area contributed by atoms with E-state index in [1.54, 1.807) is 24.3 Å². The lowest BCUT2D eigenvalue weighted by Gasteiger charge is -2.12. The van der Waals surface area contributed by atoms with E-state index in [0.29, 0.717) is 27.7 Å². The summed E-state index contributed by atoms with van der Waals surface area (Å²) in [6.07, 6.45) is 0. The molecule has 0 heterocycles. The van der Waals surface area contributed by atoms with Crippen molar-refractivity contribution in [3.05, 3.63) is 82.6 Å². The van der Waals surface area contributed by atoms with Crippen LogP contribution < -0.4 is 15.4 Å². The second kappa shape index (κ2) is 10.3. The molecule has 0 aliphatic carbocycles. The maximum Gasteiger partial charge on any atom is 0.255 e. The van der Waals surface area contributed by atoms with Crippen LogP contribution in [0.1, 0.15) is 15.9 Å². The number of carbonyl (C=O) groups is 2. The summed E-state index contributed by atoms with van der Waals surface area (Å²) in [5, 5.41) is 6.15. The van der Waals surface area contributed by atoms with Crippen molar-refractivity contribution >= 4 is 46.6 Å². The lowest BCUT2D eigenvalue weighted by molar-refractivity contribution is -0.113. The molecule has 3 rings (SSSR count). The molecule has 0 radical (unpaired) electrons. The summed E-state index contributed by atoms with van der Waals surface area (Å²) in [6.45, 7) is 1.85. The molecule has 0 fully saturated rings. The van der Waals surface area contributed by atoms with Crippen molar-refractivity contribution in [3.63, 3.8) is 0 Å². The van der Waals surface area contributed by atoms with Gasteiger partial charge < -0.3 is 15.4 Å². The van der Waals surface area contributed by atoms with Gasteiger partial charge in [-0.15, -0.1) is 11.8 Å². The molecule has 0 bridgehead atoms. The molecule has 0 atom stereocenters. The van der Waals surface area contributed by atoms with Gasteiger partial charge in [-0.1, -0.05) is 11.6 Å². The molecule has 2 N–H and O–H groups in total. The third kappa shape index (κ3) is 6.23. The monoisotopic (exact) mass is 458 g/mol. The van der Waals surface area contributed by atoms with Gasteiger partial charge in [0.15, 0.2) is 0 Å². The van der Waals surface area contributed by atoms with Crippen molar-refractivity contribution in [2.45, 2.75) is 11.8 Å². The fourth-order valence-corrected chi connectivity index (χ4v) is 3.56. The van der Waals surface area contributed by atoms with Crippen LogP contribution in [0.5, 0.6) is 5.75 Å². The zero-order valence-electron chi connectivity index (χ0n) is 16.9. The lowest BCUT2D eigenvalue weighted by atomic mass is 10.2. The van der Waals surface area contributed by atoms with E-state index in [1.165, 1.54) is 43.1 Å². The molecule has 3 aromatic carbocycles. The van der Waals surface area contributed by atoms with Crippen LogP contribution in [0.25, 0.3) is 0 Å². The van der Waals surface area contributed by atoms with E-state index < -0.39 is 5.82 Å². The minimum absolute atomic E-state index is 0.182. The number of thioether (sulfide) groups is 1. The number of anilines is 2. The molecule has 0 aromatic heterocycles. The number of methoxy groups -OCH3 is 1. The van der Waals surface area contributed by atoms with Crippen LogP contribution in [-0.2, 0) is 4.79 Å². The Kier molecular flexibility index (Phi) is 7.55. The van der Waals surface area contributed by atoms with Gasteiger partial charge in [-0.05, 0) is 67.1 Å². The first-order valence-corrected chi connectivity index (χ1v) is 10.7. The van der Waals surface area contributed by atoms with Crippen molar-refractivity contribution in [1.82, 2.24) is 0 Å². The fraction of sp³-hybridized carbons (Fsp3) is 0.130. The first kappa shape index (κ1) is 22.7. The maximum atomic E-state index is 13.0. The highest BCUT2D eigenvalue weighted by Gasteiger charge is 2.11. The van der Waals surface area contributed by atoms with Gasteiger partial charge in [0.1, 0.15) is 11.6 Å². The van der Waals surface area contributed by atoms with Crippen LogP contribution in [0.15, 0.2) is 65.6 Å². The summed E-state index contributed by atoms with van der Waals surface area (Å²) in [7, 11) is 1.52. The summed E-state index contributed by atoms with van der Waals surface area (Å²) in [4.78, 5) is 25.4. The Morgan fingerprint density at radius 2 is 1.71 bits per heavy atom. The summed E-state index contributed by atoms with van der Waals surface area (Å²) < 4.78 is 18.2. The van der Waals surface area contributed by atoms with E-state index in [1.807, 2.05) is 19.1 Å². The van der Waals surface area contributed by atoms with Gasteiger partial charge in [-0.25, -0.2) is 4.39 Å². The van der Waals surface area contributed by atoms with E-state index in [4.69, 9.17) is 16.3 Å². The van der Waals surface area contributed by atoms with Crippen LogP contribution in [0.3, 0.4) is 0 Å². The second-order valence-electron chi connectivity index (χ2n) is 6.62. The van der Waals surface area contributed by atoms with Crippen molar-refractivity contribution < 1.29 is 18.7 Å². The summed E-state index contributed by atoms with van der Waals surface area (Å²) >= 11 is 7.45. The van der Waals surface area contributed by atoms with Crippen LogP contribution in [0.2, 0.25) is 5.02 Å². The van der Waals surface area contributed by atoms with Crippen LogP contribution in [0, 0.1) is 12.7 Å². The third-order valence-corrected chi connectivity index (χ3v) is 5.76. The highest BCUT2D eigenvalue weighted by atomic mass is 35.5. The molecule has 0 spiro atoms. The zero-order valence-corrected chi connectivity index (χ0v) is 18.4. The molecule has 0 saturated heterocycles. The van der Waals surface area contributed by atoms with Gasteiger partial charge in [0, 0.05) is 27.2 Å². The summed E-state index contributed by atoms with van der Waals surface area (Å²) in [6, 6.07) is 15.9. The minimum Gasteiger partial charge on any atom is -0.495 e. The zero-order chi connectivity index (χ0) is 22.4. The minimum atomic E-state index is -0.397. The molecule has 2 amide bonds. The molecule has 0 aliphatic heterocycles. The number of amides is 2. The first-order chi connectivity index (χ1) is 14.9. The van der Waals surface area contributed by atoms with Gasteiger partial charge in [-0.3, -0.25) is 9.59 Å². The van der Waals surface area contributed by atoms with Crippen LogP contribution in [0.4, 0.5) is 15.8 Å². The maximum absolute atomic E-state index is 13.0. The predicted molar refractivity (Wildman–Crippen MR) is 123 cm³/mol. The second-order valence-corrected chi connectivity index (χ2v) is 8.08. The van der Waals surface area contributed by atoms with E-state index in [0.717, 1.165) is 10.5 Å². The van der Waals surface area contributed by atoms with E-state index >= 15 is 0 Å². The number of carbonyl (C=O) groups excluding carboxylic acids is 2. The largest absolute Gasteiger partial charge is 0.495 e. The van der Waals surface area contributed by atoms with Gasteiger partial charge in [0.05, 0.1) is 18.6 Å². The molecule has 3 aromatic rings. The quantitative estimate of drug-likeness (QED) is 0.440. The average Bonchev–Trinajstić information content (AvgIpc) is 2.76. The van der Waals surface area contributed by atoms with Crippen LogP contribution >= 0.6 is 23.4 Å². The number of benzene rings is 3. The van der Waals surface area contributed by atoms with Gasteiger partial charge in [0.2, 0.25) is 5.91 Å². The van der Waals surface area contributed by atoms with Crippen LogP contribution in [-0.4, -0.2) is 24.7 Å². The van der Waals surface area contributed by atoms with Gasteiger partial charge in [0.25, 0.3) is 5.91 Å². The molecule has 0 unspecified atom stereocenters. The number of halogens is 2. The van der Waals surface area contributed by atoms with Crippen molar-refractivity contribution in [2.24, 2.45) is 0 Å². The Bertz CT molecular complexity index is 1090. The molecule has 0 saturated carbocycles. The van der Waals surface area contributed by atoms with Gasteiger partial charge in [-0.2, -0.15) is 0 Å². The highest BCUT2D eigenvalue weighted by Crippen LogP contribution is 2.31. The Labute approximate surface area is 188 Å². The van der Waals surface area contributed by atoms with Crippen molar-refractivity contribution in [3.8, 4) is 5.75 Å². The lowest BCUT2D eigenvalue weighted by Crippen LogP contribution is -2.15. The third-order valence-electron chi connectivity index (χ3n) is 4.34. The number of aryl methyl sites for hydroxylation is 1. The molecule has 5 nitrogen and oxygen atoms in total. The molecule has 31 heavy (non-hydrogen) atoms. The molecule has 8 heteroatoms. The fourth-order valence-electron chi connectivity index (χ4n) is 2.70. The Morgan fingerprint density at radius 3 is 2.35 bits per heavy atom. The van der Waals surface area contributed by atoms with E-state index in [9.17, 15) is 14.0 Å². The predicted octanol–water partition coefficient (Wildman–Crippen LogP) is 5.78. The standard InChI is InChI=1S/C23H20ClFN2O3S/c1-14-11-20(21(30-2)12-19(14)24)27-22(28)13-31-18-9-7-17(8-10-18)26-23(29)15-3-5-16(25)6-4-15/h3-12H,13H2,1-2H3,(H,26,29)(H,27,28). The SMILES string of the molecule is COc1cc(Cl)c(C)cc1NC(=O)CSc1ccc(NC(=O)c2ccc(F)cc2)cc1. The van der Waals surface area contributed by atoms with Crippen molar-refractivity contribution in [1.29, 1.82) is 0 Å². The van der Waals surface area contributed by atoms with Crippen molar-refractivity contribution in [2.75, 3.05) is 23.5 Å². The number of hydrogen-bond donors (Lipinski definition) is 2. The van der Waals surface area contributed by atoms with E-state index in [2.05, 4.69) is 10.6 Å². The molecule has 0 aliphatic rings. The topological polar surface area (TPSA) is 67.4 Å². The Morgan fingerprint density at radius 1 is 1.03 bits per heavy atom. The molecular formula is C23H20ClFN2O3S. The highest BCUT2D eigenvalue weighted by molar-refractivity contribution is 8.00. The average molecular weight is 459 g/mol. The van der Waals surface area contributed by atoms with E-state index in [-0.39, 0.29) is 17.6 Å². The molecule has 160 valence electrons. The van der Waals surface area contributed by atoms with Gasteiger partial charge >= 0.3 is 0 Å². The Hall–Kier alpha value is -3.03. The summed E-state index contributed by atoms with van der Waals surface area (Å²) in [5.74, 6) is -0.209. The number of hydrogen-bond acceptors (Lipinski definition) is 4. The Balaban J connectivity index is 1.54. The number of nitrogens with one attached hydrogen (secondary N) is 2. The number of ether oxygens (including phenoxy) is 1. The smallest absolute Gasteiger partial charge is 0.255 e. The normalized spacial score (nSPS) is 10.5. The first-order valence-electron chi connectivity index (χ1n) is 9.29.